The third kappa shape index (κ3) is 3.32. The molecule has 0 radical (unpaired) electrons. The molecule has 1 atom stereocenters. The molecule has 78 valence electrons. The molecule has 1 unspecified atom stereocenters. The van der Waals surface area contributed by atoms with E-state index in [1.165, 1.54) is 0 Å². The Morgan fingerprint density at radius 3 is 2.64 bits per heavy atom. The first-order chi connectivity index (χ1) is 6.76. The molecule has 0 amide bonds. The molecule has 1 rings (SSSR count). The molecule has 1 aromatic rings. The SMILES string of the molecule is CNC(COC)Cn1ccc(=O)cc1. The first kappa shape index (κ1) is 10.9. The van der Waals surface area contributed by atoms with Crippen LogP contribution in [-0.2, 0) is 11.3 Å². The van der Waals surface area contributed by atoms with Gasteiger partial charge in [-0.2, -0.15) is 0 Å². The van der Waals surface area contributed by atoms with E-state index in [0.29, 0.717) is 6.61 Å². The second kappa shape index (κ2) is 5.57. The third-order valence-corrected chi connectivity index (χ3v) is 2.07. The van der Waals surface area contributed by atoms with Crippen LogP contribution in [0.3, 0.4) is 0 Å². The van der Waals surface area contributed by atoms with E-state index in [4.69, 9.17) is 4.74 Å². The van der Waals surface area contributed by atoms with E-state index < -0.39 is 0 Å². The van der Waals surface area contributed by atoms with Gasteiger partial charge in [-0.15, -0.1) is 0 Å². The monoisotopic (exact) mass is 196 g/mol. The van der Waals surface area contributed by atoms with E-state index in [1.807, 2.05) is 11.6 Å². The van der Waals surface area contributed by atoms with Crippen LogP contribution in [-0.4, -0.2) is 31.4 Å². The van der Waals surface area contributed by atoms with Crippen molar-refractivity contribution in [3.8, 4) is 0 Å². The summed E-state index contributed by atoms with van der Waals surface area (Å²) in [6, 6.07) is 3.38. The lowest BCUT2D eigenvalue weighted by atomic mass is 10.3. The molecule has 14 heavy (non-hydrogen) atoms. The Hall–Kier alpha value is -1.13. The van der Waals surface area contributed by atoms with E-state index in [-0.39, 0.29) is 11.5 Å². The molecule has 4 nitrogen and oxygen atoms in total. The van der Waals surface area contributed by atoms with Crippen molar-refractivity contribution >= 4 is 0 Å². The molecular weight excluding hydrogens is 180 g/mol. The van der Waals surface area contributed by atoms with Crippen LogP contribution in [0.1, 0.15) is 0 Å². The largest absolute Gasteiger partial charge is 0.383 e. The lowest BCUT2D eigenvalue weighted by molar-refractivity contribution is 0.162. The van der Waals surface area contributed by atoms with E-state index in [0.717, 1.165) is 6.54 Å². The summed E-state index contributed by atoms with van der Waals surface area (Å²) in [7, 11) is 3.57. The highest BCUT2D eigenvalue weighted by molar-refractivity contribution is 4.94. The summed E-state index contributed by atoms with van der Waals surface area (Å²) in [5, 5.41) is 3.14. The van der Waals surface area contributed by atoms with Crippen LogP contribution in [0, 0.1) is 0 Å². The number of hydrogen-bond donors (Lipinski definition) is 1. The van der Waals surface area contributed by atoms with Gasteiger partial charge in [0.2, 0.25) is 0 Å². The predicted molar refractivity (Wildman–Crippen MR) is 55.4 cm³/mol. The van der Waals surface area contributed by atoms with Crippen LogP contribution in [0.5, 0.6) is 0 Å². The van der Waals surface area contributed by atoms with Gasteiger partial charge in [-0.1, -0.05) is 0 Å². The summed E-state index contributed by atoms with van der Waals surface area (Å²) in [6.07, 6.45) is 3.56. The molecule has 1 N–H and O–H groups in total. The average Bonchev–Trinajstić information content (AvgIpc) is 2.20. The molecule has 0 aliphatic heterocycles. The minimum Gasteiger partial charge on any atom is -0.383 e. The molecule has 0 aliphatic rings. The van der Waals surface area contributed by atoms with Gasteiger partial charge in [0.1, 0.15) is 0 Å². The zero-order chi connectivity index (χ0) is 10.4. The molecule has 1 heterocycles. The molecule has 4 heteroatoms. The van der Waals surface area contributed by atoms with Gasteiger partial charge in [-0.25, -0.2) is 0 Å². The summed E-state index contributed by atoms with van der Waals surface area (Å²) in [5.41, 5.74) is 0.0361. The number of rotatable bonds is 5. The number of nitrogens with zero attached hydrogens (tertiary/aromatic N) is 1. The minimum absolute atomic E-state index is 0.0361. The maximum atomic E-state index is 10.8. The Balaban J connectivity index is 2.57. The second-order valence-electron chi connectivity index (χ2n) is 3.17. The molecule has 0 aliphatic carbocycles. The summed E-state index contributed by atoms with van der Waals surface area (Å²) >= 11 is 0. The van der Waals surface area contributed by atoms with Crippen molar-refractivity contribution in [2.75, 3.05) is 20.8 Å². The van der Waals surface area contributed by atoms with Gasteiger partial charge in [-0.3, -0.25) is 4.79 Å². The minimum atomic E-state index is 0.0361. The highest BCUT2D eigenvalue weighted by Gasteiger charge is 2.04. The van der Waals surface area contributed by atoms with Gasteiger partial charge in [0.05, 0.1) is 6.61 Å². The number of methoxy groups -OCH3 is 1. The quantitative estimate of drug-likeness (QED) is 0.725. The Labute approximate surface area is 83.5 Å². The summed E-state index contributed by atoms with van der Waals surface area (Å²) < 4.78 is 7.01. The lowest BCUT2D eigenvalue weighted by Crippen LogP contribution is -2.34. The molecule has 0 aromatic carbocycles. The number of aromatic nitrogens is 1. The molecule has 0 saturated carbocycles. The maximum Gasteiger partial charge on any atom is 0.181 e. The van der Waals surface area contributed by atoms with Gasteiger partial charge in [0.15, 0.2) is 5.43 Å². The van der Waals surface area contributed by atoms with Crippen molar-refractivity contribution in [1.82, 2.24) is 9.88 Å². The molecular formula is C10H16N2O2. The zero-order valence-corrected chi connectivity index (χ0v) is 8.56. The fourth-order valence-electron chi connectivity index (χ4n) is 1.25. The van der Waals surface area contributed by atoms with E-state index in [1.54, 1.807) is 31.6 Å². The number of nitrogens with one attached hydrogen (secondary N) is 1. The van der Waals surface area contributed by atoms with Crippen molar-refractivity contribution in [3.05, 3.63) is 34.7 Å². The van der Waals surface area contributed by atoms with Crippen molar-refractivity contribution in [2.45, 2.75) is 12.6 Å². The first-order valence-electron chi connectivity index (χ1n) is 4.58. The van der Waals surface area contributed by atoms with Crippen molar-refractivity contribution in [1.29, 1.82) is 0 Å². The standard InChI is InChI=1S/C10H16N2O2/c1-11-9(8-14-2)7-12-5-3-10(13)4-6-12/h3-6,9,11H,7-8H2,1-2H3. The van der Waals surface area contributed by atoms with Crippen LogP contribution in [0.2, 0.25) is 0 Å². The summed E-state index contributed by atoms with van der Waals surface area (Å²) in [6.45, 7) is 1.45. The van der Waals surface area contributed by atoms with E-state index >= 15 is 0 Å². The van der Waals surface area contributed by atoms with Crippen molar-refractivity contribution in [2.24, 2.45) is 0 Å². The molecule has 0 bridgehead atoms. The molecule has 0 saturated heterocycles. The third-order valence-electron chi connectivity index (χ3n) is 2.07. The number of hydrogen-bond acceptors (Lipinski definition) is 3. The van der Waals surface area contributed by atoms with E-state index in [2.05, 4.69) is 5.32 Å². The summed E-state index contributed by atoms with van der Waals surface area (Å²) in [4.78, 5) is 10.8. The second-order valence-corrected chi connectivity index (χ2v) is 3.17. The van der Waals surface area contributed by atoms with Gasteiger partial charge in [0.25, 0.3) is 0 Å². The number of likely N-dealkylation sites (N-methyl/N-ethyl adjacent to an activating group) is 1. The fourth-order valence-corrected chi connectivity index (χ4v) is 1.25. The van der Waals surface area contributed by atoms with Crippen LogP contribution < -0.4 is 10.7 Å². The molecule has 0 spiro atoms. The first-order valence-corrected chi connectivity index (χ1v) is 4.58. The normalized spacial score (nSPS) is 12.7. The van der Waals surface area contributed by atoms with E-state index in [9.17, 15) is 4.79 Å². The Morgan fingerprint density at radius 1 is 1.50 bits per heavy atom. The van der Waals surface area contributed by atoms with Crippen LogP contribution in [0.4, 0.5) is 0 Å². The average molecular weight is 196 g/mol. The highest BCUT2D eigenvalue weighted by Crippen LogP contribution is 1.91. The van der Waals surface area contributed by atoms with Gasteiger partial charge < -0.3 is 14.6 Å². The Morgan fingerprint density at radius 2 is 2.14 bits per heavy atom. The van der Waals surface area contributed by atoms with Gasteiger partial charge in [-0.05, 0) is 7.05 Å². The topological polar surface area (TPSA) is 43.3 Å². The van der Waals surface area contributed by atoms with Crippen LogP contribution in [0.15, 0.2) is 29.3 Å². The van der Waals surface area contributed by atoms with Gasteiger partial charge in [0, 0.05) is 44.2 Å². The van der Waals surface area contributed by atoms with Crippen molar-refractivity contribution < 1.29 is 4.74 Å². The summed E-state index contributed by atoms with van der Waals surface area (Å²) in [5.74, 6) is 0. The zero-order valence-electron chi connectivity index (χ0n) is 8.56. The highest BCUT2D eigenvalue weighted by atomic mass is 16.5. The number of ether oxygens (including phenoxy) is 1. The fraction of sp³-hybridized carbons (Fsp3) is 0.500. The maximum absolute atomic E-state index is 10.8. The predicted octanol–water partition coefficient (Wildman–Crippen LogP) is 0.0827. The van der Waals surface area contributed by atoms with Crippen LogP contribution >= 0.6 is 0 Å². The lowest BCUT2D eigenvalue weighted by Gasteiger charge is -2.16. The van der Waals surface area contributed by atoms with Gasteiger partial charge >= 0.3 is 0 Å². The van der Waals surface area contributed by atoms with Crippen molar-refractivity contribution in [3.63, 3.8) is 0 Å². The Kier molecular flexibility index (Phi) is 4.35. The molecule has 1 aromatic heterocycles. The molecule has 0 fully saturated rings. The number of pyridine rings is 1. The van der Waals surface area contributed by atoms with Crippen LogP contribution in [0.25, 0.3) is 0 Å². The smallest absolute Gasteiger partial charge is 0.181 e. The Bertz CT molecular complexity index is 302.